The van der Waals surface area contributed by atoms with Crippen LogP contribution in [-0.2, 0) is 6.54 Å². The van der Waals surface area contributed by atoms with Gasteiger partial charge in [0.25, 0.3) is 0 Å². The molecule has 0 saturated carbocycles. The smallest absolute Gasteiger partial charge is 0.123 e. The molecule has 1 aromatic carbocycles. The lowest BCUT2D eigenvalue weighted by atomic mass is 10.0. The van der Waals surface area contributed by atoms with Gasteiger partial charge in [-0.2, -0.15) is 0 Å². The maximum Gasteiger partial charge on any atom is 0.123 e. The van der Waals surface area contributed by atoms with Crippen LogP contribution in [0.1, 0.15) is 19.4 Å². The van der Waals surface area contributed by atoms with Gasteiger partial charge in [-0.25, -0.2) is 0 Å². The first-order chi connectivity index (χ1) is 9.47. The van der Waals surface area contributed by atoms with Crippen LogP contribution in [0, 0.1) is 5.92 Å². The Balaban J connectivity index is 2.75. The van der Waals surface area contributed by atoms with Gasteiger partial charge in [0.15, 0.2) is 0 Å². The van der Waals surface area contributed by atoms with E-state index in [1.807, 2.05) is 18.2 Å². The Morgan fingerprint density at radius 2 is 1.85 bits per heavy atom. The number of hydrogen-bond acceptors (Lipinski definition) is 4. The summed E-state index contributed by atoms with van der Waals surface area (Å²) in [6.07, 6.45) is 0. The zero-order valence-corrected chi connectivity index (χ0v) is 13.6. The van der Waals surface area contributed by atoms with Gasteiger partial charge in [0.2, 0.25) is 0 Å². The molecule has 20 heavy (non-hydrogen) atoms. The Bertz CT molecular complexity index is 405. The monoisotopic (exact) mass is 280 g/mol. The second-order valence-electron chi connectivity index (χ2n) is 5.67. The van der Waals surface area contributed by atoms with Gasteiger partial charge in [-0.3, -0.25) is 0 Å². The number of likely N-dealkylation sites (N-methyl/N-ethyl adjacent to an activating group) is 1. The van der Waals surface area contributed by atoms with Crippen LogP contribution in [0.25, 0.3) is 0 Å². The minimum absolute atomic E-state index is 0.445. The second kappa shape index (κ2) is 8.12. The van der Waals surface area contributed by atoms with E-state index in [-0.39, 0.29) is 0 Å². The van der Waals surface area contributed by atoms with Crippen LogP contribution in [-0.4, -0.2) is 45.8 Å². The maximum atomic E-state index is 5.41. The molecule has 0 aromatic heterocycles. The fraction of sp³-hybridized carbons (Fsp3) is 0.625. The van der Waals surface area contributed by atoms with Crippen LogP contribution in [0.15, 0.2) is 18.2 Å². The molecule has 1 unspecified atom stereocenters. The zero-order valence-electron chi connectivity index (χ0n) is 13.6. The summed E-state index contributed by atoms with van der Waals surface area (Å²) >= 11 is 0. The molecule has 4 heteroatoms. The third kappa shape index (κ3) is 5.02. The molecule has 1 atom stereocenters. The largest absolute Gasteiger partial charge is 0.497 e. The Kier molecular flexibility index (Phi) is 6.82. The highest BCUT2D eigenvalue weighted by Gasteiger charge is 2.15. The molecule has 0 spiro atoms. The van der Waals surface area contributed by atoms with Crippen molar-refractivity contribution in [3.63, 3.8) is 0 Å². The lowest BCUT2D eigenvalue weighted by Gasteiger charge is -2.26. The highest BCUT2D eigenvalue weighted by molar-refractivity contribution is 5.40. The predicted molar refractivity (Wildman–Crippen MR) is 83.6 cm³/mol. The summed E-state index contributed by atoms with van der Waals surface area (Å²) in [4.78, 5) is 2.21. The quantitative estimate of drug-likeness (QED) is 0.793. The van der Waals surface area contributed by atoms with Crippen molar-refractivity contribution in [1.82, 2.24) is 10.2 Å². The molecule has 1 rings (SSSR count). The van der Waals surface area contributed by atoms with E-state index in [0.29, 0.717) is 12.0 Å². The number of rotatable bonds is 8. The van der Waals surface area contributed by atoms with E-state index in [4.69, 9.17) is 9.47 Å². The molecule has 0 bridgehead atoms. The van der Waals surface area contributed by atoms with Crippen molar-refractivity contribution in [3.05, 3.63) is 23.8 Å². The van der Waals surface area contributed by atoms with Crippen LogP contribution < -0.4 is 14.8 Å². The molecule has 0 aliphatic heterocycles. The number of benzene rings is 1. The molecule has 0 aliphatic carbocycles. The third-order valence-electron chi connectivity index (χ3n) is 3.41. The molecular weight excluding hydrogens is 252 g/mol. The summed E-state index contributed by atoms with van der Waals surface area (Å²) in [7, 11) is 7.58. The summed E-state index contributed by atoms with van der Waals surface area (Å²) in [5.74, 6) is 2.33. The molecule has 0 fully saturated rings. The number of methoxy groups -OCH3 is 2. The molecule has 0 heterocycles. The van der Waals surface area contributed by atoms with E-state index in [0.717, 1.165) is 30.2 Å². The zero-order chi connectivity index (χ0) is 15.1. The molecule has 0 aliphatic rings. The van der Waals surface area contributed by atoms with Gasteiger partial charge >= 0.3 is 0 Å². The van der Waals surface area contributed by atoms with Gasteiger partial charge in [0.05, 0.1) is 14.2 Å². The predicted octanol–water partition coefficient (Wildman–Crippen LogP) is 2.38. The standard InChI is InChI=1S/C16H28N2O2/c1-12(2)15(11-18(3)4)17-10-13-9-14(19-5)7-8-16(13)20-6/h7-9,12,15,17H,10-11H2,1-6H3. The van der Waals surface area contributed by atoms with Crippen LogP contribution in [0.3, 0.4) is 0 Å². The molecule has 0 saturated heterocycles. The van der Waals surface area contributed by atoms with E-state index in [9.17, 15) is 0 Å². The average molecular weight is 280 g/mol. The topological polar surface area (TPSA) is 33.7 Å². The molecule has 0 radical (unpaired) electrons. The van der Waals surface area contributed by atoms with Crippen molar-refractivity contribution in [2.75, 3.05) is 34.9 Å². The summed E-state index contributed by atoms with van der Waals surface area (Å²) in [6, 6.07) is 6.34. The van der Waals surface area contributed by atoms with E-state index in [1.165, 1.54) is 0 Å². The first-order valence-electron chi connectivity index (χ1n) is 7.07. The number of nitrogens with one attached hydrogen (secondary N) is 1. The van der Waals surface area contributed by atoms with Gasteiger partial charge in [-0.15, -0.1) is 0 Å². The van der Waals surface area contributed by atoms with Gasteiger partial charge in [-0.05, 0) is 38.2 Å². The van der Waals surface area contributed by atoms with Crippen molar-refractivity contribution in [1.29, 1.82) is 0 Å². The fourth-order valence-electron chi connectivity index (χ4n) is 2.17. The van der Waals surface area contributed by atoms with Crippen LogP contribution >= 0.6 is 0 Å². The first kappa shape index (κ1) is 16.8. The number of nitrogens with zero attached hydrogens (tertiary/aromatic N) is 1. The highest BCUT2D eigenvalue weighted by Crippen LogP contribution is 2.24. The van der Waals surface area contributed by atoms with Crippen molar-refractivity contribution in [2.24, 2.45) is 5.92 Å². The van der Waals surface area contributed by atoms with E-state index < -0.39 is 0 Å². The van der Waals surface area contributed by atoms with Crippen molar-refractivity contribution in [2.45, 2.75) is 26.4 Å². The first-order valence-corrected chi connectivity index (χ1v) is 7.07. The summed E-state index contributed by atoms with van der Waals surface area (Å²) < 4.78 is 10.7. The minimum Gasteiger partial charge on any atom is -0.497 e. The van der Waals surface area contributed by atoms with Crippen LogP contribution in [0.2, 0.25) is 0 Å². The Morgan fingerprint density at radius 1 is 1.15 bits per heavy atom. The van der Waals surface area contributed by atoms with Gasteiger partial charge in [0.1, 0.15) is 11.5 Å². The lowest BCUT2D eigenvalue weighted by molar-refractivity contribution is 0.286. The maximum absolute atomic E-state index is 5.41. The molecule has 0 amide bonds. The summed E-state index contributed by atoms with van der Waals surface area (Å²) in [5, 5.41) is 3.62. The fourth-order valence-corrected chi connectivity index (χ4v) is 2.17. The average Bonchev–Trinajstić information content (AvgIpc) is 2.42. The normalized spacial score (nSPS) is 12.8. The summed E-state index contributed by atoms with van der Waals surface area (Å²) in [6.45, 7) is 6.27. The third-order valence-corrected chi connectivity index (χ3v) is 3.41. The van der Waals surface area contributed by atoms with E-state index in [1.54, 1.807) is 14.2 Å². The van der Waals surface area contributed by atoms with Crippen molar-refractivity contribution < 1.29 is 9.47 Å². The van der Waals surface area contributed by atoms with Gasteiger partial charge in [0, 0.05) is 24.7 Å². The SMILES string of the molecule is COc1ccc(OC)c(CNC(CN(C)C)C(C)C)c1. The van der Waals surface area contributed by atoms with Crippen molar-refractivity contribution >= 4 is 0 Å². The van der Waals surface area contributed by atoms with Gasteiger partial charge < -0.3 is 19.7 Å². The molecule has 1 aromatic rings. The Morgan fingerprint density at radius 3 is 2.35 bits per heavy atom. The molecule has 114 valence electrons. The lowest BCUT2D eigenvalue weighted by Crippen LogP contribution is -2.41. The van der Waals surface area contributed by atoms with Crippen LogP contribution in [0.4, 0.5) is 0 Å². The molecule has 4 nitrogen and oxygen atoms in total. The molecular formula is C16H28N2O2. The number of ether oxygens (including phenoxy) is 2. The van der Waals surface area contributed by atoms with Crippen LogP contribution in [0.5, 0.6) is 11.5 Å². The minimum atomic E-state index is 0.445. The van der Waals surface area contributed by atoms with E-state index in [2.05, 4.69) is 38.2 Å². The number of hydrogen-bond donors (Lipinski definition) is 1. The summed E-state index contributed by atoms with van der Waals surface area (Å²) in [5.41, 5.74) is 1.12. The second-order valence-corrected chi connectivity index (χ2v) is 5.67. The Hall–Kier alpha value is -1.26. The van der Waals surface area contributed by atoms with E-state index >= 15 is 0 Å². The Labute approximate surface area is 123 Å². The van der Waals surface area contributed by atoms with Gasteiger partial charge in [-0.1, -0.05) is 13.8 Å². The molecule has 1 N–H and O–H groups in total. The van der Waals surface area contributed by atoms with Crippen molar-refractivity contribution in [3.8, 4) is 11.5 Å². The highest BCUT2D eigenvalue weighted by atomic mass is 16.5.